The normalized spacial score (nSPS) is 28.8. The van der Waals surface area contributed by atoms with Crippen molar-refractivity contribution in [2.24, 2.45) is 11.8 Å². The second-order valence-corrected chi connectivity index (χ2v) is 14.5. The summed E-state index contributed by atoms with van der Waals surface area (Å²) in [5.41, 5.74) is -0.421. The summed E-state index contributed by atoms with van der Waals surface area (Å²) in [6.07, 6.45) is 3.41. The van der Waals surface area contributed by atoms with E-state index in [0.29, 0.717) is 45.6 Å². The van der Waals surface area contributed by atoms with E-state index in [4.69, 9.17) is 14.2 Å². The lowest BCUT2D eigenvalue weighted by molar-refractivity contribution is -0.160. The van der Waals surface area contributed by atoms with Gasteiger partial charge in [-0.1, -0.05) is 58.4 Å². The zero-order valence-electron chi connectivity index (χ0n) is 28.2. The van der Waals surface area contributed by atoms with Crippen LogP contribution in [0.1, 0.15) is 31.7 Å². The van der Waals surface area contributed by atoms with Crippen molar-refractivity contribution in [1.29, 1.82) is 0 Å². The largest absolute Gasteiger partial charge is 0.460 e. The van der Waals surface area contributed by atoms with Crippen LogP contribution >= 0.6 is 15.9 Å². The Morgan fingerprint density at radius 2 is 1.94 bits per heavy atom. The Bertz CT molecular complexity index is 1360. The number of morpholine rings is 1. The molecule has 0 aliphatic carbocycles. The molecule has 2 bridgehead atoms. The van der Waals surface area contributed by atoms with Crippen LogP contribution in [0.15, 0.2) is 55.6 Å². The molecule has 268 valence electrons. The van der Waals surface area contributed by atoms with Crippen molar-refractivity contribution in [2.75, 3.05) is 59.1 Å². The molecule has 3 amide bonds. The van der Waals surface area contributed by atoms with E-state index >= 15 is 0 Å². The van der Waals surface area contributed by atoms with Gasteiger partial charge >= 0.3 is 5.97 Å². The zero-order valence-corrected chi connectivity index (χ0v) is 29.8. The highest BCUT2D eigenvalue weighted by atomic mass is 79.9. The van der Waals surface area contributed by atoms with Gasteiger partial charge in [0.2, 0.25) is 17.7 Å². The quantitative estimate of drug-likeness (QED) is 0.139. The Balaban J connectivity index is 1.44. The number of halogens is 1. The summed E-state index contributed by atoms with van der Waals surface area (Å²) in [7, 11) is 0. The summed E-state index contributed by atoms with van der Waals surface area (Å²) in [5, 5.41) is 13.5. The van der Waals surface area contributed by atoms with E-state index in [1.165, 1.54) is 4.90 Å². The smallest absolute Gasteiger partial charge is 0.312 e. The monoisotopic (exact) mass is 744 g/mol. The number of allylic oxidation sites excluding steroid dienone is 1. The first-order valence-electron chi connectivity index (χ1n) is 17.2. The molecule has 0 saturated carbocycles. The Hall–Kier alpha value is -3.10. The molecular formula is C36H49BrN4O8. The van der Waals surface area contributed by atoms with Crippen molar-refractivity contribution in [3.05, 3.63) is 61.2 Å². The van der Waals surface area contributed by atoms with Crippen LogP contribution in [0.2, 0.25) is 0 Å². The Kier molecular flexibility index (Phi) is 12.7. The SMILES string of the molecule is C=CCCC(=O)NC[C@@H](C)OC(=O)[C@H]1[C@@H]2O[C@@]3(CC2Br)[C@@H]1C(=O)N([C@@H](CO)Cc1ccccc1)[C@@H]3C(=O)N(CC=C)CCN1CCOCC1. The minimum absolute atomic E-state index is 0.109. The average molecular weight is 746 g/mol. The van der Waals surface area contributed by atoms with Crippen LogP contribution in [0.5, 0.6) is 0 Å². The second-order valence-electron chi connectivity index (χ2n) is 13.3. The summed E-state index contributed by atoms with van der Waals surface area (Å²) in [5.74, 6) is -3.48. The molecule has 1 unspecified atom stereocenters. The lowest BCUT2D eigenvalue weighted by Crippen LogP contribution is -2.60. The third kappa shape index (κ3) is 7.96. The fraction of sp³-hybridized carbons (Fsp3) is 0.611. The second kappa shape index (κ2) is 16.7. The summed E-state index contributed by atoms with van der Waals surface area (Å²) in [6.45, 7) is 13.0. The first-order chi connectivity index (χ1) is 23.6. The van der Waals surface area contributed by atoms with Gasteiger partial charge in [-0.15, -0.1) is 13.2 Å². The first-order valence-corrected chi connectivity index (χ1v) is 18.1. The van der Waals surface area contributed by atoms with Gasteiger partial charge in [0.25, 0.3) is 0 Å². The van der Waals surface area contributed by atoms with E-state index in [9.17, 15) is 24.3 Å². The van der Waals surface area contributed by atoms with Gasteiger partial charge < -0.3 is 34.4 Å². The average Bonchev–Trinajstić information content (AvgIpc) is 3.70. The summed E-state index contributed by atoms with van der Waals surface area (Å²) >= 11 is 3.71. The number of aliphatic hydroxyl groups excluding tert-OH is 1. The first kappa shape index (κ1) is 37.2. The molecular weight excluding hydrogens is 696 g/mol. The Morgan fingerprint density at radius 3 is 2.61 bits per heavy atom. The highest BCUT2D eigenvalue weighted by molar-refractivity contribution is 9.09. The van der Waals surface area contributed by atoms with Crippen molar-refractivity contribution < 1.29 is 38.5 Å². The zero-order chi connectivity index (χ0) is 35.1. The number of hydrogen-bond acceptors (Lipinski definition) is 9. The van der Waals surface area contributed by atoms with Gasteiger partial charge in [-0.05, 0) is 31.7 Å². The molecule has 4 aliphatic heterocycles. The van der Waals surface area contributed by atoms with E-state index in [0.717, 1.165) is 18.7 Å². The third-order valence-electron chi connectivity index (χ3n) is 10.1. The maximum atomic E-state index is 14.8. The van der Waals surface area contributed by atoms with Crippen LogP contribution in [0.25, 0.3) is 0 Å². The predicted molar refractivity (Wildman–Crippen MR) is 186 cm³/mol. The predicted octanol–water partition coefficient (Wildman–Crippen LogP) is 1.70. The molecule has 0 radical (unpaired) electrons. The van der Waals surface area contributed by atoms with Gasteiger partial charge in [0.15, 0.2) is 0 Å². The number of ether oxygens (including phenoxy) is 3. The number of esters is 1. The van der Waals surface area contributed by atoms with E-state index in [1.54, 1.807) is 24.0 Å². The fourth-order valence-electron chi connectivity index (χ4n) is 7.75. The lowest BCUT2D eigenvalue weighted by atomic mass is 9.70. The highest BCUT2D eigenvalue weighted by Gasteiger charge is 2.77. The number of nitrogens with zero attached hydrogens (tertiary/aromatic N) is 3. The third-order valence-corrected chi connectivity index (χ3v) is 10.9. The minimum Gasteiger partial charge on any atom is -0.460 e. The topological polar surface area (TPSA) is 138 Å². The van der Waals surface area contributed by atoms with Crippen molar-refractivity contribution in [2.45, 2.75) is 67.3 Å². The number of aliphatic hydroxyl groups is 1. The molecule has 12 nitrogen and oxygen atoms in total. The molecule has 4 heterocycles. The van der Waals surface area contributed by atoms with E-state index in [-0.39, 0.29) is 42.8 Å². The molecule has 1 aromatic rings. The molecule has 49 heavy (non-hydrogen) atoms. The van der Waals surface area contributed by atoms with Gasteiger partial charge in [-0.25, -0.2) is 0 Å². The molecule has 1 spiro atoms. The molecule has 4 fully saturated rings. The van der Waals surface area contributed by atoms with Crippen molar-refractivity contribution in [3.63, 3.8) is 0 Å². The Labute approximate surface area is 296 Å². The highest BCUT2D eigenvalue weighted by Crippen LogP contribution is 2.60. The molecule has 8 atom stereocenters. The summed E-state index contributed by atoms with van der Waals surface area (Å²) < 4.78 is 18.0. The van der Waals surface area contributed by atoms with Crippen molar-refractivity contribution >= 4 is 39.6 Å². The van der Waals surface area contributed by atoms with Gasteiger partial charge in [0.05, 0.1) is 50.3 Å². The van der Waals surface area contributed by atoms with Gasteiger partial charge in [-0.3, -0.25) is 24.1 Å². The molecule has 4 saturated heterocycles. The maximum Gasteiger partial charge on any atom is 0.312 e. The number of carbonyl (C=O) groups is 4. The van der Waals surface area contributed by atoms with E-state index in [2.05, 4.69) is 39.3 Å². The van der Waals surface area contributed by atoms with Gasteiger partial charge in [0.1, 0.15) is 17.7 Å². The number of amides is 3. The van der Waals surface area contributed by atoms with Crippen LogP contribution in [-0.4, -0.2) is 137 Å². The number of likely N-dealkylation sites (tertiary alicyclic amines) is 1. The van der Waals surface area contributed by atoms with Crippen LogP contribution in [0.4, 0.5) is 0 Å². The van der Waals surface area contributed by atoms with Crippen LogP contribution < -0.4 is 5.32 Å². The molecule has 1 aromatic carbocycles. The number of hydrogen-bond donors (Lipinski definition) is 2. The van der Waals surface area contributed by atoms with Crippen LogP contribution in [0.3, 0.4) is 0 Å². The van der Waals surface area contributed by atoms with Gasteiger partial charge in [0, 0.05) is 44.0 Å². The summed E-state index contributed by atoms with van der Waals surface area (Å²) in [6, 6.07) is 7.67. The van der Waals surface area contributed by atoms with Crippen LogP contribution in [0, 0.1) is 11.8 Å². The standard InChI is InChI=1S/C36H49BrN4O8/c1-4-6-12-28(43)38-22-24(3)48-35(46)29-30-33(44)41(26(23-42)20-25-10-8-7-9-11-25)32(36(30)21-27(37)31(29)49-36)34(45)40(13-5-2)15-14-39-16-18-47-19-17-39/h4-5,7-11,24,26-27,29-32,42H,1-2,6,12-23H2,3H3,(H,38,43)/t24-,26-,27?,29-,30+,31-,32-,36+/m1/s1. The lowest BCUT2D eigenvalue weighted by Gasteiger charge is -2.40. The minimum atomic E-state index is -1.32. The molecule has 2 N–H and O–H groups in total. The number of fused-ring (bicyclic) bond motifs is 1. The number of carbonyl (C=O) groups excluding carboxylic acids is 4. The maximum absolute atomic E-state index is 14.8. The molecule has 4 aliphatic rings. The van der Waals surface area contributed by atoms with E-state index < -0.39 is 53.6 Å². The molecule has 5 rings (SSSR count). The molecule has 13 heteroatoms. The van der Waals surface area contributed by atoms with E-state index in [1.807, 2.05) is 30.3 Å². The van der Waals surface area contributed by atoms with Crippen molar-refractivity contribution in [1.82, 2.24) is 20.0 Å². The number of nitrogens with one attached hydrogen (secondary N) is 1. The summed E-state index contributed by atoms with van der Waals surface area (Å²) in [4.78, 5) is 60.7. The Morgan fingerprint density at radius 1 is 1.20 bits per heavy atom. The number of benzene rings is 1. The van der Waals surface area contributed by atoms with Crippen molar-refractivity contribution in [3.8, 4) is 0 Å². The van der Waals surface area contributed by atoms with Gasteiger partial charge in [-0.2, -0.15) is 0 Å². The fourth-order valence-corrected chi connectivity index (χ4v) is 8.69. The number of alkyl halides is 1. The van der Waals surface area contributed by atoms with Crippen LogP contribution in [-0.2, 0) is 39.8 Å². The molecule has 0 aromatic heterocycles. The number of rotatable bonds is 17.